The van der Waals surface area contributed by atoms with Crippen molar-refractivity contribution in [1.82, 2.24) is 0 Å². The lowest BCUT2D eigenvalue weighted by Crippen LogP contribution is -2.15. The van der Waals surface area contributed by atoms with Crippen LogP contribution in [0.3, 0.4) is 0 Å². The van der Waals surface area contributed by atoms with Crippen molar-refractivity contribution in [3.05, 3.63) is 56.1 Å². The molecule has 2 rings (SSSR count). The molecule has 0 spiro atoms. The minimum absolute atomic E-state index is 0.181. The van der Waals surface area contributed by atoms with E-state index >= 15 is 0 Å². The lowest BCUT2D eigenvalue weighted by Gasteiger charge is -2.12. The topological polar surface area (TPSA) is 72.2 Å². The van der Waals surface area contributed by atoms with Crippen LogP contribution in [0.25, 0.3) is 0 Å². The molecular formula is C13H12BrIN2O2S. The molecule has 0 unspecified atom stereocenters. The van der Waals surface area contributed by atoms with Gasteiger partial charge in [-0.15, -0.1) is 0 Å². The zero-order chi connectivity index (χ0) is 14.8. The van der Waals surface area contributed by atoms with Crippen LogP contribution < -0.4 is 10.5 Å². The Morgan fingerprint density at radius 1 is 1.20 bits per heavy atom. The van der Waals surface area contributed by atoms with Crippen molar-refractivity contribution in [1.29, 1.82) is 0 Å². The SMILES string of the molecule is NCc1ccc(Br)c(S(=O)(=O)Nc2ccccc2I)c1. The molecule has 106 valence electrons. The van der Waals surface area contributed by atoms with E-state index in [4.69, 9.17) is 5.73 Å². The highest BCUT2D eigenvalue weighted by molar-refractivity contribution is 14.1. The molecule has 0 bridgehead atoms. The molecule has 0 saturated carbocycles. The molecule has 0 aromatic heterocycles. The van der Waals surface area contributed by atoms with Crippen LogP contribution in [0.1, 0.15) is 5.56 Å². The number of benzene rings is 2. The van der Waals surface area contributed by atoms with E-state index < -0.39 is 10.0 Å². The summed E-state index contributed by atoms with van der Waals surface area (Å²) >= 11 is 5.35. The Morgan fingerprint density at radius 2 is 1.90 bits per heavy atom. The number of para-hydroxylation sites is 1. The van der Waals surface area contributed by atoms with Crippen molar-refractivity contribution < 1.29 is 8.42 Å². The lowest BCUT2D eigenvalue weighted by atomic mass is 10.2. The van der Waals surface area contributed by atoms with E-state index in [2.05, 4.69) is 43.2 Å². The highest BCUT2D eigenvalue weighted by Gasteiger charge is 2.19. The fraction of sp³-hybridized carbons (Fsp3) is 0.0769. The van der Waals surface area contributed by atoms with Crippen LogP contribution in [0, 0.1) is 3.57 Å². The third kappa shape index (κ3) is 3.51. The van der Waals surface area contributed by atoms with Gasteiger partial charge in [0.15, 0.2) is 0 Å². The van der Waals surface area contributed by atoms with Crippen LogP contribution in [0.2, 0.25) is 0 Å². The van der Waals surface area contributed by atoms with Gasteiger partial charge in [0.05, 0.1) is 5.69 Å². The van der Waals surface area contributed by atoms with Crippen molar-refractivity contribution >= 4 is 54.2 Å². The summed E-state index contributed by atoms with van der Waals surface area (Å²) in [5.74, 6) is 0. The summed E-state index contributed by atoms with van der Waals surface area (Å²) in [7, 11) is -3.66. The molecule has 0 aliphatic carbocycles. The number of nitrogens with one attached hydrogen (secondary N) is 1. The van der Waals surface area contributed by atoms with E-state index in [-0.39, 0.29) is 4.90 Å². The monoisotopic (exact) mass is 466 g/mol. The highest BCUT2D eigenvalue weighted by atomic mass is 127. The van der Waals surface area contributed by atoms with Crippen LogP contribution in [0.4, 0.5) is 5.69 Å². The van der Waals surface area contributed by atoms with E-state index in [9.17, 15) is 8.42 Å². The van der Waals surface area contributed by atoms with Gasteiger partial charge in [-0.2, -0.15) is 0 Å². The van der Waals surface area contributed by atoms with E-state index in [1.54, 1.807) is 30.3 Å². The van der Waals surface area contributed by atoms with Gasteiger partial charge in [0.1, 0.15) is 4.90 Å². The summed E-state index contributed by atoms with van der Waals surface area (Å²) in [6.07, 6.45) is 0. The third-order valence-electron chi connectivity index (χ3n) is 2.64. The number of rotatable bonds is 4. The fourth-order valence-electron chi connectivity index (χ4n) is 1.62. The summed E-state index contributed by atoms with van der Waals surface area (Å²) in [5, 5.41) is 0. The number of sulfonamides is 1. The molecule has 20 heavy (non-hydrogen) atoms. The molecular weight excluding hydrogens is 455 g/mol. The fourth-order valence-corrected chi connectivity index (χ4v) is 4.42. The smallest absolute Gasteiger partial charge is 0.263 e. The summed E-state index contributed by atoms with van der Waals surface area (Å²) < 4.78 is 28.8. The molecule has 0 aliphatic rings. The first-order valence-corrected chi connectivity index (χ1v) is 9.05. The number of halogens is 2. The predicted octanol–water partition coefficient (Wildman–Crippen LogP) is 3.31. The average Bonchev–Trinajstić information content (AvgIpc) is 2.41. The molecule has 4 nitrogen and oxygen atoms in total. The standard InChI is InChI=1S/C13H12BrIN2O2S/c14-10-6-5-9(8-16)7-13(10)20(18,19)17-12-4-2-1-3-11(12)15/h1-7,17H,8,16H2. The summed E-state index contributed by atoms with van der Waals surface area (Å²) in [4.78, 5) is 0.181. The maximum absolute atomic E-state index is 12.5. The van der Waals surface area contributed by atoms with Crippen LogP contribution in [-0.2, 0) is 16.6 Å². The van der Waals surface area contributed by atoms with Crippen molar-refractivity contribution in [3.8, 4) is 0 Å². The number of nitrogens with two attached hydrogens (primary N) is 1. The third-order valence-corrected chi connectivity index (χ3v) is 5.94. The zero-order valence-corrected chi connectivity index (χ0v) is 14.9. The van der Waals surface area contributed by atoms with Gasteiger partial charge in [-0.25, -0.2) is 8.42 Å². The van der Waals surface area contributed by atoms with Gasteiger partial charge in [0, 0.05) is 14.6 Å². The summed E-state index contributed by atoms with van der Waals surface area (Å²) in [5.41, 5.74) is 6.87. The van der Waals surface area contributed by atoms with Gasteiger partial charge in [-0.1, -0.05) is 18.2 Å². The molecule has 0 aliphatic heterocycles. The van der Waals surface area contributed by atoms with Crippen LogP contribution >= 0.6 is 38.5 Å². The highest BCUT2D eigenvalue weighted by Crippen LogP contribution is 2.27. The van der Waals surface area contributed by atoms with Gasteiger partial charge in [0.2, 0.25) is 0 Å². The average molecular weight is 467 g/mol. The number of hydrogen-bond donors (Lipinski definition) is 2. The second kappa shape index (κ2) is 6.42. The van der Waals surface area contributed by atoms with Gasteiger partial charge >= 0.3 is 0 Å². The zero-order valence-electron chi connectivity index (χ0n) is 10.3. The molecule has 0 radical (unpaired) electrons. The van der Waals surface area contributed by atoms with Crippen LogP contribution in [-0.4, -0.2) is 8.42 Å². The first-order chi connectivity index (χ1) is 9.44. The lowest BCUT2D eigenvalue weighted by molar-refractivity contribution is 0.600. The van der Waals surface area contributed by atoms with E-state index in [0.717, 1.165) is 9.13 Å². The molecule has 2 aromatic rings. The van der Waals surface area contributed by atoms with Crippen LogP contribution in [0.15, 0.2) is 51.8 Å². The Hall–Kier alpha value is -0.640. The second-order valence-electron chi connectivity index (χ2n) is 4.05. The Bertz CT molecular complexity index is 735. The first-order valence-electron chi connectivity index (χ1n) is 5.70. The van der Waals surface area contributed by atoms with Crippen LogP contribution in [0.5, 0.6) is 0 Å². The Balaban J connectivity index is 2.43. The van der Waals surface area contributed by atoms with Crippen molar-refractivity contribution in [2.24, 2.45) is 5.73 Å². The molecule has 0 atom stereocenters. The molecule has 0 fully saturated rings. The van der Waals surface area contributed by atoms with Gasteiger partial charge < -0.3 is 5.73 Å². The summed E-state index contributed by atoms with van der Waals surface area (Å²) in [6, 6.07) is 12.2. The number of hydrogen-bond acceptors (Lipinski definition) is 3. The number of anilines is 1. The predicted molar refractivity (Wildman–Crippen MR) is 92.0 cm³/mol. The van der Waals surface area contributed by atoms with Gasteiger partial charge in [-0.05, 0) is 68.3 Å². The Kier molecular flexibility index (Phi) is 5.05. The second-order valence-corrected chi connectivity index (χ2v) is 7.72. The van der Waals surface area contributed by atoms with Gasteiger partial charge in [0.25, 0.3) is 10.0 Å². The minimum Gasteiger partial charge on any atom is -0.326 e. The van der Waals surface area contributed by atoms with E-state index in [1.807, 2.05) is 12.1 Å². The Labute approximate surface area is 140 Å². The van der Waals surface area contributed by atoms with Crippen molar-refractivity contribution in [3.63, 3.8) is 0 Å². The Morgan fingerprint density at radius 3 is 2.55 bits per heavy atom. The largest absolute Gasteiger partial charge is 0.326 e. The normalized spacial score (nSPS) is 11.3. The van der Waals surface area contributed by atoms with E-state index in [1.165, 1.54) is 0 Å². The van der Waals surface area contributed by atoms with Gasteiger partial charge in [-0.3, -0.25) is 4.72 Å². The summed E-state index contributed by atoms with van der Waals surface area (Å²) in [6.45, 7) is 0.290. The van der Waals surface area contributed by atoms with E-state index in [0.29, 0.717) is 16.7 Å². The minimum atomic E-state index is -3.66. The van der Waals surface area contributed by atoms with Crippen molar-refractivity contribution in [2.45, 2.75) is 11.4 Å². The molecule has 0 heterocycles. The first kappa shape index (κ1) is 15.7. The molecule has 0 saturated heterocycles. The maximum Gasteiger partial charge on any atom is 0.263 e. The molecule has 0 amide bonds. The molecule has 7 heteroatoms. The maximum atomic E-state index is 12.5. The van der Waals surface area contributed by atoms with Crippen molar-refractivity contribution in [2.75, 3.05) is 4.72 Å². The molecule has 2 aromatic carbocycles. The quantitative estimate of drug-likeness (QED) is 0.679. The molecule has 3 N–H and O–H groups in total.